The van der Waals surface area contributed by atoms with Crippen molar-refractivity contribution in [3.63, 3.8) is 0 Å². The van der Waals surface area contributed by atoms with Gasteiger partial charge in [-0.25, -0.2) is 9.36 Å². The van der Waals surface area contributed by atoms with Crippen LogP contribution in [0.1, 0.15) is 22.3 Å². The van der Waals surface area contributed by atoms with Gasteiger partial charge in [-0.3, -0.25) is 14.2 Å². The van der Waals surface area contributed by atoms with E-state index in [-0.39, 0.29) is 18.0 Å². The first-order chi connectivity index (χ1) is 14.8. The van der Waals surface area contributed by atoms with Gasteiger partial charge in [0.2, 0.25) is 5.91 Å². The molecule has 158 valence electrons. The molecule has 0 aliphatic carbocycles. The Morgan fingerprint density at radius 3 is 2.52 bits per heavy atom. The molecule has 0 atom stereocenters. The van der Waals surface area contributed by atoms with Crippen molar-refractivity contribution in [1.29, 1.82) is 0 Å². The SMILES string of the molecule is Cc1ccc(NC(=O)Cn2c(=O)n(-c3cccc(C)c3C)c(=O)c3sccc32)c(C)c1. The van der Waals surface area contributed by atoms with Crippen LogP contribution in [0.2, 0.25) is 0 Å². The van der Waals surface area contributed by atoms with E-state index in [0.717, 1.165) is 22.3 Å². The molecule has 0 aliphatic heterocycles. The van der Waals surface area contributed by atoms with Crippen LogP contribution in [0.25, 0.3) is 15.9 Å². The van der Waals surface area contributed by atoms with Crippen molar-refractivity contribution in [3.8, 4) is 5.69 Å². The molecule has 0 bridgehead atoms. The van der Waals surface area contributed by atoms with Gasteiger partial charge in [-0.1, -0.05) is 29.8 Å². The van der Waals surface area contributed by atoms with Gasteiger partial charge in [-0.2, -0.15) is 0 Å². The van der Waals surface area contributed by atoms with Gasteiger partial charge in [-0.05, 0) is 68.0 Å². The second-order valence-electron chi connectivity index (χ2n) is 7.73. The van der Waals surface area contributed by atoms with Gasteiger partial charge in [0.05, 0.1) is 11.2 Å². The highest BCUT2D eigenvalue weighted by Gasteiger charge is 2.19. The molecule has 4 rings (SSSR count). The monoisotopic (exact) mass is 433 g/mol. The maximum Gasteiger partial charge on any atom is 0.336 e. The van der Waals surface area contributed by atoms with E-state index in [9.17, 15) is 14.4 Å². The van der Waals surface area contributed by atoms with Crippen LogP contribution in [-0.2, 0) is 11.3 Å². The fraction of sp³-hybridized carbons (Fsp3) is 0.208. The number of carbonyl (C=O) groups excluding carboxylic acids is 1. The zero-order valence-electron chi connectivity index (χ0n) is 17.9. The average Bonchev–Trinajstić information content (AvgIpc) is 3.21. The van der Waals surface area contributed by atoms with Crippen LogP contribution >= 0.6 is 11.3 Å². The summed E-state index contributed by atoms with van der Waals surface area (Å²) in [6.45, 7) is 7.54. The van der Waals surface area contributed by atoms with Crippen LogP contribution in [0.5, 0.6) is 0 Å². The predicted molar refractivity (Wildman–Crippen MR) is 126 cm³/mol. The number of fused-ring (bicyclic) bond motifs is 1. The molecule has 0 unspecified atom stereocenters. The highest BCUT2D eigenvalue weighted by Crippen LogP contribution is 2.20. The number of carbonyl (C=O) groups is 1. The van der Waals surface area contributed by atoms with E-state index in [4.69, 9.17) is 0 Å². The number of nitrogens with zero attached hydrogens (tertiary/aromatic N) is 2. The van der Waals surface area contributed by atoms with Crippen LogP contribution < -0.4 is 16.6 Å². The smallest absolute Gasteiger partial charge is 0.324 e. The highest BCUT2D eigenvalue weighted by molar-refractivity contribution is 7.17. The van der Waals surface area contributed by atoms with Crippen molar-refractivity contribution in [2.75, 3.05) is 5.32 Å². The lowest BCUT2D eigenvalue weighted by molar-refractivity contribution is -0.116. The first kappa shape index (κ1) is 20.8. The summed E-state index contributed by atoms with van der Waals surface area (Å²) in [7, 11) is 0. The quantitative estimate of drug-likeness (QED) is 0.527. The van der Waals surface area contributed by atoms with E-state index in [1.165, 1.54) is 20.5 Å². The van der Waals surface area contributed by atoms with E-state index in [1.54, 1.807) is 17.5 Å². The molecule has 0 fully saturated rings. The summed E-state index contributed by atoms with van der Waals surface area (Å²) in [6, 6.07) is 13.0. The van der Waals surface area contributed by atoms with Crippen molar-refractivity contribution in [3.05, 3.63) is 90.9 Å². The first-order valence-corrected chi connectivity index (χ1v) is 10.8. The fourth-order valence-corrected chi connectivity index (χ4v) is 4.54. The number of thiophene rings is 1. The van der Waals surface area contributed by atoms with Gasteiger partial charge in [0.25, 0.3) is 5.56 Å². The summed E-state index contributed by atoms with van der Waals surface area (Å²) < 4.78 is 2.99. The third kappa shape index (κ3) is 3.72. The van der Waals surface area contributed by atoms with Crippen molar-refractivity contribution >= 4 is 33.1 Å². The number of rotatable bonds is 4. The Kier molecular flexibility index (Phi) is 5.37. The summed E-state index contributed by atoms with van der Waals surface area (Å²) in [5.41, 5.74) is 4.70. The van der Waals surface area contributed by atoms with Crippen LogP contribution in [0.3, 0.4) is 0 Å². The number of hydrogen-bond donors (Lipinski definition) is 1. The molecule has 1 N–H and O–H groups in total. The molecular formula is C24H23N3O3S. The largest absolute Gasteiger partial charge is 0.336 e. The summed E-state index contributed by atoms with van der Waals surface area (Å²) >= 11 is 1.27. The minimum Gasteiger partial charge on any atom is -0.324 e. The Bertz CT molecular complexity index is 1440. The number of aryl methyl sites for hydroxylation is 3. The lowest BCUT2D eigenvalue weighted by Crippen LogP contribution is -2.40. The molecule has 0 spiro atoms. The molecule has 0 aliphatic rings. The minimum absolute atomic E-state index is 0.190. The number of aromatic nitrogens is 2. The molecule has 31 heavy (non-hydrogen) atoms. The maximum absolute atomic E-state index is 13.4. The summed E-state index contributed by atoms with van der Waals surface area (Å²) in [4.78, 5) is 39.4. The van der Waals surface area contributed by atoms with Gasteiger partial charge in [0, 0.05) is 5.69 Å². The Labute approximate surface area is 183 Å². The first-order valence-electron chi connectivity index (χ1n) is 9.94. The molecule has 0 radical (unpaired) electrons. The topological polar surface area (TPSA) is 73.1 Å². The van der Waals surface area contributed by atoms with E-state index in [2.05, 4.69) is 5.32 Å². The standard InChI is InChI=1S/C24H23N3O3S/c1-14-8-9-18(16(3)12-14)25-21(28)13-26-20-10-11-31-22(20)23(29)27(24(26)30)19-7-5-6-15(2)17(19)4/h5-12H,13H2,1-4H3,(H,25,28). The number of nitrogens with one attached hydrogen (secondary N) is 1. The van der Waals surface area contributed by atoms with E-state index in [0.29, 0.717) is 21.6 Å². The Morgan fingerprint density at radius 1 is 1.00 bits per heavy atom. The number of anilines is 1. The molecular weight excluding hydrogens is 410 g/mol. The third-order valence-corrected chi connectivity index (χ3v) is 6.42. The normalized spacial score (nSPS) is 11.1. The van der Waals surface area contributed by atoms with E-state index in [1.807, 2.05) is 58.0 Å². The van der Waals surface area contributed by atoms with Crippen LogP contribution in [-0.4, -0.2) is 15.0 Å². The molecule has 2 aromatic carbocycles. The number of hydrogen-bond acceptors (Lipinski definition) is 4. The summed E-state index contributed by atoms with van der Waals surface area (Å²) in [6.07, 6.45) is 0. The van der Waals surface area contributed by atoms with Crippen LogP contribution in [0, 0.1) is 27.7 Å². The Hall–Kier alpha value is -3.45. The summed E-state index contributed by atoms with van der Waals surface area (Å²) in [5, 5.41) is 4.64. The van der Waals surface area contributed by atoms with Crippen LogP contribution in [0.15, 0.2) is 57.4 Å². The van der Waals surface area contributed by atoms with Gasteiger partial charge in [0.15, 0.2) is 0 Å². The van der Waals surface area contributed by atoms with Crippen LogP contribution in [0.4, 0.5) is 5.69 Å². The van der Waals surface area contributed by atoms with Crippen molar-refractivity contribution in [1.82, 2.24) is 9.13 Å². The molecule has 2 heterocycles. The molecule has 2 aromatic heterocycles. The van der Waals surface area contributed by atoms with Crippen molar-refractivity contribution < 1.29 is 4.79 Å². The van der Waals surface area contributed by atoms with E-state index < -0.39 is 5.69 Å². The lowest BCUT2D eigenvalue weighted by Gasteiger charge is -2.15. The molecule has 1 amide bonds. The zero-order valence-corrected chi connectivity index (χ0v) is 18.7. The number of benzene rings is 2. The van der Waals surface area contributed by atoms with Crippen molar-refractivity contribution in [2.45, 2.75) is 34.2 Å². The molecule has 0 saturated heterocycles. The Morgan fingerprint density at radius 2 is 1.77 bits per heavy atom. The lowest BCUT2D eigenvalue weighted by atomic mass is 10.1. The number of amides is 1. The third-order valence-electron chi connectivity index (χ3n) is 5.53. The average molecular weight is 434 g/mol. The summed E-state index contributed by atoms with van der Waals surface area (Å²) in [5.74, 6) is -0.326. The van der Waals surface area contributed by atoms with E-state index >= 15 is 0 Å². The Balaban J connectivity index is 1.82. The highest BCUT2D eigenvalue weighted by atomic mass is 32.1. The molecule has 0 saturated carbocycles. The van der Waals surface area contributed by atoms with Gasteiger partial charge in [0.1, 0.15) is 11.2 Å². The molecule has 7 heteroatoms. The minimum atomic E-state index is -0.527. The molecule has 4 aromatic rings. The predicted octanol–water partition coefficient (Wildman–Crippen LogP) is 4.09. The second-order valence-corrected chi connectivity index (χ2v) is 8.65. The molecule has 6 nitrogen and oxygen atoms in total. The van der Waals surface area contributed by atoms with Gasteiger partial charge >= 0.3 is 5.69 Å². The zero-order chi connectivity index (χ0) is 22.3. The fourth-order valence-electron chi connectivity index (χ4n) is 3.72. The maximum atomic E-state index is 13.4. The second kappa shape index (κ2) is 8.00. The van der Waals surface area contributed by atoms with Crippen molar-refractivity contribution in [2.24, 2.45) is 0 Å². The van der Waals surface area contributed by atoms with Gasteiger partial charge in [-0.15, -0.1) is 11.3 Å². The van der Waals surface area contributed by atoms with Gasteiger partial charge < -0.3 is 5.32 Å².